The van der Waals surface area contributed by atoms with Crippen LogP contribution in [0.3, 0.4) is 0 Å². The monoisotopic (exact) mass is 399 g/mol. The molecule has 0 aliphatic carbocycles. The molecular weight excluding hydrogens is 378 g/mol. The Morgan fingerprint density at radius 2 is 1.57 bits per heavy atom. The highest BCUT2D eigenvalue weighted by molar-refractivity contribution is 6.11. The molecule has 6 heteroatoms. The molecule has 0 bridgehead atoms. The van der Waals surface area contributed by atoms with Gasteiger partial charge in [-0.05, 0) is 46.7 Å². The number of methoxy groups -OCH3 is 2. The van der Waals surface area contributed by atoms with Gasteiger partial charge >= 0.3 is 5.97 Å². The van der Waals surface area contributed by atoms with E-state index in [-0.39, 0.29) is 18.4 Å². The maximum atomic E-state index is 12.5. The Hall–Kier alpha value is -2.92. The van der Waals surface area contributed by atoms with Crippen LogP contribution >= 0.6 is 12.4 Å². The molecule has 3 aromatic carbocycles. The maximum Gasteiger partial charge on any atom is 0.339 e. The first-order valence-corrected chi connectivity index (χ1v) is 8.70. The average molecular weight is 400 g/mol. The molecule has 0 amide bonds. The Morgan fingerprint density at radius 1 is 0.929 bits per heavy atom. The number of ether oxygens (including phenoxy) is 3. The number of hydrogen-bond donors (Lipinski definition) is 0. The van der Waals surface area contributed by atoms with Gasteiger partial charge < -0.3 is 19.1 Å². The number of anilines is 1. The number of nitrogens with zero attached hydrogens (tertiary/aromatic N) is 1. The largest absolute Gasteiger partial charge is 0.493 e. The van der Waals surface area contributed by atoms with E-state index in [1.807, 2.05) is 61.5 Å². The van der Waals surface area contributed by atoms with E-state index in [2.05, 4.69) is 0 Å². The lowest BCUT2D eigenvalue weighted by Gasteiger charge is -2.16. The van der Waals surface area contributed by atoms with Gasteiger partial charge in [-0.15, -0.1) is 12.4 Å². The second-order valence-electron chi connectivity index (χ2n) is 6.73. The molecule has 0 spiro atoms. The van der Waals surface area contributed by atoms with Crippen LogP contribution in [-0.2, 0) is 11.3 Å². The third-order valence-corrected chi connectivity index (χ3v) is 4.96. The fraction of sp³-hybridized carbons (Fsp3) is 0.227. The van der Waals surface area contributed by atoms with Crippen LogP contribution in [0, 0.1) is 0 Å². The summed E-state index contributed by atoms with van der Waals surface area (Å²) in [6, 6.07) is 14.0. The number of carbonyl (C=O) groups excluding carboxylic acids is 1. The van der Waals surface area contributed by atoms with Gasteiger partial charge in [0.1, 0.15) is 6.61 Å². The van der Waals surface area contributed by atoms with E-state index in [4.69, 9.17) is 14.2 Å². The standard InChI is InChI=1S/C22H21NO4.ClH/c1-23(2)16-7-5-13(6-8-16)20-17-11-19(26-4)18(25-3)10-14(17)9-15-12-27-22(24)21(15)20;/h5-11H,12H2,1-4H3;1H. The molecule has 1 aliphatic heterocycles. The predicted molar refractivity (Wildman–Crippen MR) is 113 cm³/mol. The number of rotatable bonds is 4. The zero-order valence-corrected chi connectivity index (χ0v) is 17.1. The predicted octanol–water partition coefficient (Wildman–Crippen LogP) is 4.68. The van der Waals surface area contributed by atoms with Crippen LogP contribution in [0.5, 0.6) is 11.5 Å². The molecule has 1 aliphatic rings. The highest BCUT2D eigenvalue weighted by Crippen LogP contribution is 2.42. The molecular formula is C22H22ClNO4. The highest BCUT2D eigenvalue weighted by Gasteiger charge is 2.28. The Kier molecular flexibility index (Phi) is 5.38. The number of benzene rings is 3. The van der Waals surface area contributed by atoms with Gasteiger partial charge in [-0.1, -0.05) is 12.1 Å². The van der Waals surface area contributed by atoms with Crippen molar-refractivity contribution >= 4 is 34.8 Å². The van der Waals surface area contributed by atoms with E-state index in [0.29, 0.717) is 23.7 Å². The fourth-order valence-corrected chi connectivity index (χ4v) is 3.57. The van der Waals surface area contributed by atoms with Gasteiger partial charge in [-0.25, -0.2) is 4.79 Å². The van der Waals surface area contributed by atoms with Gasteiger partial charge in [0.25, 0.3) is 0 Å². The van der Waals surface area contributed by atoms with Crippen molar-refractivity contribution in [1.29, 1.82) is 0 Å². The maximum absolute atomic E-state index is 12.5. The SMILES string of the molecule is COc1cc2cc3c(c(-c4ccc(N(C)C)cc4)c2cc1OC)C(=O)OC3.Cl. The zero-order chi connectivity index (χ0) is 19.1. The Balaban J connectivity index is 0.00000225. The summed E-state index contributed by atoms with van der Waals surface area (Å²) in [5.41, 5.74) is 4.46. The summed E-state index contributed by atoms with van der Waals surface area (Å²) < 4.78 is 16.3. The Labute approximate surface area is 170 Å². The van der Waals surface area contributed by atoms with Crippen molar-refractivity contribution in [2.75, 3.05) is 33.2 Å². The lowest BCUT2D eigenvalue weighted by molar-refractivity contribution is 0.0535. The average Bonchev–Trinajstić information content (AvgIpc) is 3.05. The molecule has 0 N–H and O–H groups in total. The van der Waals surface area contributed by atoms with Gasteiger partial charge in [0.05, 0.1) is 19.8 Å². The van der Waals surface area contributed by atoms with E-state index < -0.39 is 0 Å². The van der Waals surface area contributed by atoms with Crippen LogP contribution in [0.2, 0.25) is 0 Å². The van der Waals surface area contributed by atoms with Crippen LogP contribution in [-0.4, -0.2) is 34.3 Å². The zero-order valence-electron chi connectivity index (χ0n) is 16.2. The molecule has 4 rings (SSSR count). The van der Waals surface area contributed by atoms with Crippen LogP contribution < -0.4 is 14.4 Å². The Morgan fingerprint density at radius 3 is 2.18 bits per heavy atom. The summed E-state index contributed by atoms with van der Waals surface area (Å²) in [5.74, 6) is 1.000. The molecule has 0 atom stereocenters. The molecule has 0 fully saturated rings. The van der Waals surface area contributed by atoms with E-state index in [9.17, 15) is 4.79 Å². The van der Waals surface area contributed by atoms with Crippen molar-refractivity contribution < 1.29 is 19.0 Å². The minimum absolute atomic E-state index is 0. The second kappa shape index (κ2) is 7.60. The van der Waals surface area contributed by atoms with Gasteiger partial charge in [-0.2, -0.15) is 0 Å². The fourth-order valence-electron chi connectivity index (χ4n) is 3.57. The third-order valence-electron chi connectivity index (χ3n) is 4.96. The summed E-state index contributed by atoms with van der Waals surface area (Å²) in [6.07, 6.45) is 0. The first-order chi connectivity index (χ1) is 13.0. The molecule has 3 aromatic rings. The smallest absolute Gasteiger partial charge is 0.339 e. The molecule has 28 heavy (non-hydrogen) atoms. The number of hydrogen-bond acceptors (Lipinski definition) is 5. The molecule has 0 aromatic heterocycles. The molecule has 0 saturated heterocycles. The first kappa shape index (κ1) is 19.8. The second-order valence-corrected chi connectivity index (χ2v) is 6.73. The normalized spacial score (nSPS) is 12.2. The number of fused-ring (bicyclic) bond motifs is 2. The lowest BCUT2D eigenvalue weighted by Crippen LogP contribution is -2.08. The number of esters is 1. The molecule has 5 nitrogen and oxygen atoms in total. The molecule has 146 valence electrons. The molecule has 0 radical (unpaired) electrons. The van der Waals surface area contributed by atoms with Crippen LogP contribution in [0.25, 0.3) is 21.9 Å². The van der Waals surface area contributed by atoms with Gasteiger partial charge in [0.15, 0.2) is 11.5 Å². The van der Waals surface area contributed by atoms with Crippen LogP contribution in [0.4, 0.5) is 5.69 Å². The number of cyclic esters (lactones) is 1. The van der Waals surface area contributed by atoms with Crippen molar-refractivity contribution in [1.82, 2.24) is 0 Å². The van der Waals surface area contributed by atoms with Crippen molar-refractivity contribution in [3.8, 4) is 22.6 Å². The van der Waals surface area contributed by atoms with E-state index in [0.717, 1.165) is 33.2 Å². The topological polar surface area (TPSA) is 48.0 Å². The summed E-state index contributed by atoms with van der Waals surface area (Å²) in [6.45, 7) is 0.293. The number of halogens is 1. The van der Waals surface area contributed by atoms with Crippen molar-refractivity contribution in [3.05, 3.63) is 53.6 Å². The molecule has 0 unspecified atom stereocenters. The van der Waals surface area contributed by atoms with E-state index in [1.165, 1.54) is 0 Å². The third kappa shape index (κ3) is 3.12. The van der Waals surface area contributed by atoms with E-state index in [1.54, 1.807) is 14.2 Å². The minimum Gasteiger partial charge on any atom is -0.493 e. The van der Waals surface area contributed by atoms with Gasteiger partial charge in [0, 0.05) is 30.9 Å². The summed E-state index contributed by atoms with van der Waals surface area (Å²) in [7, 11) is 7.22. The van der Waals surface area contributed by atoms with E-state index >= 15 is 0 Å². The van der Waals surface area contributed by atoms with Gasteiger partial charge in [-0.3, -0.25) is 0 Å². The Bertz CT molecular complexity index is 1040. The lowest BCUT2D eigenvalue weighted by atomic mass is 9.90. The first-order valence-electron chi connectivity index (χ1n) is 8.70. The summed E-state index contributed by atoms with van der Waals surface area (Å²) in [4.78, 5) is 14.5. The van der Waals surface area contributed by atoms with Crippen LogP contribution in [0.1, 0.15) is 15.9 Å². The van der Waals surface area contributed by atoms with Crippen molar-refractivity contribution in [2.45, 2.75) is 6.61 Å². The van der Waals surface area contributed by atoms with Gasteiger partial charge in [0.2, 0.25) is 0 Å². The number of carbonyl (C=O) groups is 1. The van der Waals surface area contributed by atoms with Crippen molar-refractivity contribution in [3.63, 3.8) is 0 Å². The molecule has 0 saturated carbocycles. The summed E-state index contributed by atoms with van der Waals surface area (Å²) in [5, 5.41) is 1.92. The van der Waals surface area contributed by atoms with Crippen LogP contribution in [0.15, 0.2) is 42.5 Å². The quantitative estimate of drug-likeness (QED) is 0.596. The van der Waals surface area contributed by atoms with Crippen molar-refractivity contribution in [2.24, 2.45) is 0 Å². The highest BCUT2D eigenvalue weighted by atomic mass is 35.5. The minimum atomic E-state index is -0.284. The molecule has 1 heterocycles. The summed E-state index contributed by atoms with van der Waals surface area (Å²) >= 11 is 0.